The summed E-state index contributed by atoms with van der Waals surface area (Å²) in [6, 6.07) is 13.3. The summed E-state index contributed by atoms with van der Waals surface area (Å²) in [5.74, 6) is 1.26. The third-order valence-electron chi connectivity index (χ3n) is 5.60. The SMILES string of the molecule is C#C.CCN1CCCC1.COc1cc(C(=O)N(C)C/C(C)=C/c2ccccc2)cc(OC)c1OC. The Morgan fingerprint density at radius 1 is 1.00 bits per heavy atom. The van der Waals surface area contributed by atoms with Gasteiger partial charge in [-0.15, -0.1) is 12.8 Å². The van der Waals surface area contributed by atoms with E-state index in [0.29, 0.717) is 29.4 Å². The Hall–Kier alpha value is -3.43. The van der Waals surface area contributed by atoms with Crippen molar-refractivity contribution in [1.29, 1.82) is 0 Å². The molecule has 0 unspecified atom stereocenters. The van der Waals surface area contributed by atoms with Gasteiger partial charge in [0.1, 0.15) is 0 Å². The molecule has 1 amide bonds. The molecule has 0 aliphatic carbocycles. The van der Waals surface area contributed by atoms with Crippen LogP contribution in [0, 0.1) is 12.8 Å². The minimum absolute atomic E-state index is 0.120. The molecule has 0 bridgehead atoms. The van der Waals surface area contributed by atoms with E-state index in [0.717, 1.165) is 11.1 Å². The van der Waals surface area contributed by atoms with Gasteiger partial charge in [0.2, 0.25) is 5.75 Å². The Kier molecular flexibility index (Phi) is 13.7. The van der Waals surface area contributed by atoms with Crippen molar-refractivity contribution in [3.05, 3.63) is 59.2 Å². The van der Waals surface area contributed by atoms with E-state index in [1.165, 1.54) is 53.8 Å². The number of carbonyl (C=O) groups is 1. The van der Waals surface area contributed by atoms with Gasteiger partial charge in [0.25, 0.3) is 5.91 Å². The predicted molar refractivity (Wildman–Crippen MR) is 144 cm³/mol. The number of likely N-dealkylation sites (N-methyl/N-ethyl adjacent to an activating group) is 1. The fourth-order valence-electron chi connectivity index (χ4n) is 3.85. The number of nitrogens with zero attached hydrogens (tertiary/aromatic N) is 2. The maximum absolute atomic E-state index is 12.8. The maximum atomic E-state index is 12.8. The summed E-state index contributed by atoms with van der Waals surface area (Å²) < 4.78 is 15.9. The first kappa shape index (κ1) is 29.6. The van der Waals surface area contributed by atoms with Crippen molar-refractivity contribution >= 4 is 12.0 Å². The summed E-state index contributed by atoms with van der Waals surface area (Å²) in [5.41, 5.74) is 2.67. The molecule has 2 aromatic carbocycles. The van der Waals surface area contributed by atoms with Gasteiger partial charge in [-0.25, -0.2) is 0 Å². The molecule has 1 aliphatic heterocycles. The normalized spacial score (nSPS) is 13.0. The lowest BCUT2D eigenvalue weighted by molar-refractivity contribution is 0.0806. The number of terminal acetylenes is 1. The Labute approximate surface area is 211 Å². The molecule has 0 N–H and O–H groups in total. The lowest BCUT2D eigenvalue weighted by Gasteiger charge is -2.20. The molecule has 190 valence electrons. The highest BCUT2D eigenvalue weighted by atomic mass is 16.5. The summed E-state index contributed by atoms with van der Waals surface area (Å²) in [6.07, 6.45) is 12.9. The molecule has 3 rings (SSSR count). The van der Waals surface area contributed by atoms with E-state index in [1.54, 1.807) is 24.1 Å². The Morgan fingerprint density at radius 3 is 1.97 bits per heavy atom. The first-order valence-electron chi connectivity index (χ1n) is 11.8. The molecule has 0 radical (unpaired) electrons. The van der Waals surface area contributed by atoms with Crippen LogP contribution in [0.25, 0.3) is 6.08 Å². The lowest BCUT2D eigenvalue weighted by atomic mass is 10.1. The van der Waals surface area contributed by atoms with E-state index in [2.05, 4.69) is 30.7 Å². The molecule has 2 aromatic rings. The second-order valence-corrected chi connectivity index (χ2v) is 8.12. The number of likely N-dealkylation sites (tertiary alicyclic amines) is 1. The van der Waals surface area contributed by atoms with E-state index < -0.39 is 0 Å². The van der Waals surface area contributed by atoms with Crippen molar-refractivity contribution in [1.82, 2.24) is 9.80 Å². The van der Waals surface area contributed by atoms with E-state index in [-0.39, 0.29) is 5.91 Å². The van der Waals surface area contributed by atoms with Crippen LogP contribution in [-0.2, 0) is 0 Å². The van der Waals surface area contributed by atoms with Crippen LogP contribution in [0.4, 0.5) is 0 Å². The molecule has 0 aromatic heterocycles. The van der Waals surface area contributed by atoms with Gasteiger partial charge in [-0.1, -0.05) is 48.9 Å². The van der Waals surface area contributed by atoms with E-state index in [9.17, 15) is 4.79 Å². The first-order valence-corrected chi connectivity index (χ1v) is 11.8. The van der Waals surface area contributed by atoms with Gasteiger partial charge in [0.15, 0.2) is 11.5 Å². The third-order valence-corrected chi connectivity index (χ3v) is 5.60. The molecule has 0 saturated carbocycles. The van der Waals surface area contributed by atoms with E-state index >= 15 is 0 Å². The predicted octanol–water partition coefficient (Wildman–Crippen LogP) is 5.24. The molecule has 1 heterocycles. The number of ether oxygens (including phenoxy) is 3. The highest BCUT2D eigenvalue weighted by Gasteiger charge is 2.19. The minimum atomic E-state index is -0.120. The van der Waals surface area contributed by atoms with Crippen LogP contribution in [0.1, 0.15) is 42.6 Å². The van der Waals surface area contributed by atoms with Crippen molar-refractivity contribution < 1.29 is 19.0 Å². The van der Waals surface area contributed by atoms with Crippen LogP contribution in [0.2, 0.25) is 0 Å². The lowest BCUT2D eigenvalue weighted by Crippen LogP contribution is -2.28. The summed E-state index contributed by atoms with van der Waals surface area (Å²) in [5, 5.41) is 0. The second kappa shape index (κ2) is 16.2. The smallest absolute Gasteiger partial charge is 0.254 e. The van der Waals surface area contributed by atoms with Gasteiger partial charge >= 0.3 is 0 Å². The van der Waals surface area contributed by atoms with Crippen LogP contribution in [0.3, 0.4) is 0 Å². The van der Waals surface area contributed by atoms with Gasteiger partial charge in [0, 0.05) is 19.2 Å². The van der Waals surface area contributed by atoms with E-state index in [4.69, 9.17) is 14.2 Å². The number of hydrogen-bond acceptors (Lipinski definition) is 5. The monoisotopic (exact) mass is 480 g/mol. The summed E-state index contributed by atoms with van der Waals surface area (Å²) in [4.78, 5) is 17.0. The molecule has 35 heavy (non-hydrogen) atoms. The summed E-state index contributed by atoms with van der Waals surface area (Å²) in [7, 11) is 6.36. The van der Waals surface area contributed by atoms with Crippen molar-refractivity contribution in [2.45, 2.75) is 26.7 Å². The zero-order chi connectivity index (χ0) is 26.2. The van der Waals surface area contributed by atoms with Crippen LogP contribution in [-0.4, -0.2) is 70.3 Å². The maximum Gasteiger partial charge on any atom is 0.254 e. The second-order valence-electron chi connectivity index (χ2n) is 8.12. The van der Waals surface area contributed by atoms with Gasteiger partial charge < -0.3 is 24.0 Å². The molecule has 1 aliphatic rings. The van der Waals surface area contributed by atoms with Gasteiger partial charge in [-0.3, -0.25) is 4.79 Å². The largest absolute Gasteiger partial charge is 0.493 e. The fraction of sp³-hybridized carbons (Fsp3) is 0.414. The third kappa shape index (κ3) is 9.38. The molecular formula is C29H40N2O4. The molecule has 0 atom stereocenters. The number of rotatable bonds is 8. The molecule has 6 heteroatoms. The quantitative estimate of drug-likeness (QED) is 0.484. The Bertz CT molecular complexity index is 923. The zero-order valence-corrected chi connectivity index (χ0v) is 22.0. The first-order chi connectivity index (χ1) is 16.9. The minimum Gasteiger partial charge on any atom is -0.493 e. The summed E-state index contributed by atoms with van der Waals surface area (Å²) >= 11 is 0. The number of hydrogen-bond donors (Lipinski definition) is 0. The molecule has 6 nitrogen and oxygen atoms in total. The van der Waals surface area contributed by atoms with Gasteiger partial charge in [-0.05, 0) is 57.1 Å². The van der Waals surface area contributed by atoms with Gasteiger partial charge in [0.05, 0.1) is 21.3 Å². The van der Waals surface area contributed by atoms with Crippen molar-refractivity contribution in [2.75, 3.05) is 54.6 Å². The fourth-order valence-corrected chi connectivity index (χ4v) is 3.85. The van der Waals surface area contributed by atoms with Crippen molar-refractivity contribution in [3.8, 4) is 30.1 Å². The average molecular weight is 481 g/mol. The average Bonchev–Trinajstić information content (AvgIpc) is 3.43. The summed E-state index contributed by atoms with van der Waals surface area (Å²) in [6.45, 7) is 8.69. The van der Waals surface area contributed by atoms with Crippen molar-refractivity contribution in [3.63, 3.8) is 0 Å². The topological polar surface area (TPSA) is 51.2 Å². The number of carbonyl (C=O) groups excluding carboxylic acids is 1. The Balaban J connectivity index is 0.000000574. The highest BCUT2D eigenvalue weighted by molar-refractivity contribution is 5.95. The molecule has 0 spiro atoms. The molecule has 1 fully saturated rings. The van der Waals surface area contributed by atoms with Gasteiger partial charge in [-0.2, -0.15) is 0 Å². The van der Waals surface area contributed by atoms with E-state index in [1.807, 2.05) is 37.3 Å². The van der Waals surface area contributed by atoms with Crippen LogP contribution in [0.5, 0.6) is 17.2 Å². The number of methoxy groups -OCH3 is 3. The Morgan fingerprint density at radius 2 is 1.54 bits per heavy atom. The van der Waals surface area contributed by atoms with Crippen LogP contribution < -0.4 is 14.2 Å². The number of amides is 1. The standard InChI is InChI=1S/C21H25NO4.C6H13N.C2H2/c1-15(11-16-9-7-6-8-10-16)14-22(2)21(23)17-12-18(24-3)20(26-5)19(13-17)25-4;1-2-7-5-3-4-6-7;1-2/h6-13H,14H2,1-5H3;2-6H2,1H3;1-2H/b15-11+;;. The molecular weight excluding hydrogens is 440 g/mol. The highest BCUT2D eigenvalue weighted by Crippen LogP contribution is 2.38. The van der Waals surface area contributed by atoms with Crippen LogP contribution >= 0.6 is 0 Å². The zero-order valence-electron chi connectivity index (χ0n) is 22.0. The van der Waals surface area contributed by atoms with Crippen molar-refractivity contribution in [2.24, 2.45) is 0 Å². The van der Waals surface area contributed by atoms with Crippen LogP contribution in [0.15, 0.2) is 48.0 Å². The number of benzene rings is 2. The molecule has 1 saturated heterocycles.